The summed E-state index contributed by atoms with van der Waals surface area (Å²) in [5.74, 6) is 1.01. The lowest BCUT2D eigenvalue weighted by Crippen LogP contribution is -2.35. The summed E-state index contributed by atoms with van der Waals surface area (Å²) >= 11 is 6.23. The molecule has 1 aliphatic rings. The van der Waals surface area contributed by atoms with Crippen LogP contribution in [0.25, 0.3) is 0 Å². The Morgan fingerprint density at radius 2 is 2.11 bits per heavy atom. The predicted octanol–water partition coefficient (Wildman–Crippen LogP) is 3.39. The summed E-state index contributed by atoms with van der Waals surface area (Å²) in [4.78, 5) is 6.97. The molecule has 0 amide bonds. The van der Waals surface area contributed by atoms with Crippen molar-refractivity contribution in [2.24, 2.45) is 0 Å². The van der Waals surface area contributed by atoms with E-state index in [4.69, 9.17) is 16.6 Å². The van der Waals surface area contributed by atoms with E-state index < -0.39 is 0 Å². The molecule has 0 radical (unpaired) electrons. The van der Waals surface area contributed by atoms with Gasteiger partial charge in [-0.1, -0.05) is 23.8 Å². The Labute approximate surface area is 120 Å². The molecule has 2 heterocycles. The minimum Gasteiger partial charge on any atom is -0.353 e. The molecule has 2 rings (SSSR count). The van der Waals surface area contributed by atoms with E-state index in [1.807, 2.05) is 12.1 Å². The van der Waals surface area contributed by atoms with E-state index in [0.717, 1.165) is 36.0 Å². The second-order valence-corrected chi connectivity index (χ2v) is 6.31. The smallest absolute Gasteiger partial charge is 0.129 e. The molecule has 1 aromatic rings. The van der Waals surface area contributed by atoms with Crippen molar-refractivity contribution in [1.29, 1.82) is 0 Å². The highest BCUT2D eigenvalue weighted by molar-refractivity contribution is 6.31. The zero-order chi connectivity index (χ0) is 13.9. The first kappa shape index (κ1) is 14.4. The molecule has 0 aliphatic carbocycles. The number of anilines is 1. The number of aromatic nitrogens is 1. The van der Waals surface area contributed by atoms with Gasteiger partial charge in [-0.15, -0.1) is 0 Å². The van der Waals surface area contributed by atoms with Gasteiger partial charge in [0.05, 0.1) is 10.7 Å². The van der Waals surface area contributed by atoms with E-state index in [1.165, 1.54) is 0 Å². The summed E-state index contributed by atoms with van der Waals surface area (Å²) in [6.07, 6.45) is 5.49. The lowest BCUT2D eigenvalue weighted by atomic mass is 10.1. The molecule has 0 spiro atoms. The zero-order valence-corrected chi connectivity index (χ0v) is 12.7. The van der Waals surface area contributed by atoms with E-state index in [1.54, 1.807) is 0 Å². The number of halogens is 1. The highest BCUT2D eigenvalue weighted by Crippen LogP contribution is 2.21. The molecule has 0 atom stereocenters. The van der Waals surface area contributed by atoms with Gasteiger partial charge in [0.15, 0.2) is 0 Å². The van der Waals surface area contributed by atoms with Crippen molar-refractivity contribution in [3.63, 3.8) is 0 Å². The van der Waals surface area contributed by atoms with Gasteiger partial charge in [-0.3, -0.25) is 0 Å². The van der Waals surface area contributed by atoms with Crippen LogP contribution < -0.4 is 10.2 Å². The Hall–Kier alpha value is -1.06. The molecule has 1 aliphatic heterocycles. The van der Waals surface area contributed by atoms with Crippen molar-refractivity contribution in [2.45, 2.75) is 39.3 Å². The van der Waals surface area contributed by atoms with Crippen LogP contribution in [0.2, 0.25) is 5.02 Å². The number of rotatable bonds is 3. The van der Waals surface area contributed by atoms with Crippen molar-refractivity contribution in [3.8, 4) is 0 Å². The average molecular weight is 280 g/mol. The highest BCUT2D eigenvalue weighted by Gasteiger charge is 2.14. The first-order valence-electron chi connectivity index (χ1n) is 6.76. The number of nitrogens with zero attached hydrogens (tertiary/aromatic N) is 2. The van der Waals surface area contributed by atoms with Crippen LogP contribution in [0, 0.1) is 0 Å². The van der Waals surface area contributed by atoms with Crippen LogP contribution in [0.4, 0.5) is 5.82 Å². The van der Waals surface area contributed by atoms with Crippen molar-refractivity contribution in [1.82, 2.24) is 10.3 Å². The molecule has 1 N–H and O–H groups in total. The molecule has 0 fully saturated rings. The maximum atomic E-state index is 6.23. The summed E-state index contributed by atoms with van der Waals surface area (Å²) in [6, 6.07) is 3.95. The summed E-state index contributed by atoms with van der Waals surface area (Å²) < 4.78 is 0. The minimum absolute atomic E-state index is 0.0644. The van der Waals surface area contributed by atoms with Gasteiger partial charge in [0, 0.05) is 25.2 Å². The Morgan fingerprint density at radius 1 is 1.32 bits per heavy atom. The maximum absolute atomic E-state index is 6.23. The molecule has 3 nitrogen and oxygen atoms in total. The molecular weight excluding hydrogens is 258 g/mol. The lowest BCUT2D eigenvalue weighted by Gasteiger charge is -2.26. The molecule has 1 aromatic heterocycles. The summed E-state index contributed by atoms with van der Waals surface area (Å²) in [7, 11) is 0. The van der Waals surface area contributed by atoms with Gasteiger partial charge in [0.1, 0.15) is 5.82 Å². The Kier molecular flexibility index (Phi) is 4.48. The summed E-state index contributed by atoms with van der Waals surface area (Å²) in [6.45, 7) is 9.07. The van der Waals surface area contributed by atoms with Gasteiger partial charge in [-0.05, 0) is 39.3 Å². The molecule has 0 saturated carbocycles. The SMILES string of the molecule is CC(C)(C)NCc1nc(N2CC=CCC2)ccc1Cl. The van der Waals surface area contributed by atoms with Crippen LogP contribution in [-0.4, -0.2) is 23.6 Å². The number of nitrogens with one attached hydrogen (secondary N) is 1. The largest absolute Gasteiger partial charge is 0.353 e. The van der Waals surface area contributed by atoms with Crippen LogP contribution in [0.3, 0.4) is 0 Å². The van der Waals surface area contributed by atoms with Gasteiger partial charge in [-0.25, -0.2) is 4.98 Å². The highest BCUT2D eigenvalue weighted by atomic mass is 35.5. The molecule has 104 valence electrons. The third kappa shape index (κ3) is 4.22. The molecule has 0 unspecified atom stereocenters. The molecule has 0 aromatic carbocycles. The zero-order valence-electron chi connectivity index (χ0n) is 11.9. The molecular formula is C15H22ClN3. The van der Waals surface area contributed by atoms with Gasteiger partial charge >= 0.3 is 0 Å². The Balaban J connectivity index is 2.12. The Bertz CT molecular complexity index is 463. The first-order valence-corrected chi connectivity index (χ1v) is 7.14. The minimum atomic E-state index is 0.0644. The van der Waals surface area contributed by atoms with E-state index in [0.29, 0.717) is 6.54 Å². The quantitative estimate of drug-likeness (QED) is 0.860. The monoisotopic (exact) mass is 279 g/mol. The average Bonchev–Trinajstić information content (AvgIpc) is 2.38. The molecule has 4 heteroatoms. The molecule has 19 heavy (non-hydrogen) atoms. The van der Waals surface area contributed by atoms with Gasteiger partial charge < -0.3 is 10.2 Å². The number of pyridine rings is 1. The van der Waals surface area contributed by atoms with Crippen LogP contribution in [0.1, 0.15) is 32.9 Å². The fourth-order valence-electron chi connectivity index (χ4n) is 1.97. The summed E-state index contributed by atoms with van der Waals surface area (Å²) in [5, 5.41) is 4.16. The third-order valence-electron chi connectivity index (χ3n) is 3.07. The van der Waals surface area contributed by atoms with Crippen molar-refractivity contribution >= 4 is 17.4 Å². The Morgan fingerprint density at radius 3 is 2.74 bits per heavy atom. The normalized spacial score (nSPS) is 15.9. The van der Waals surface area contributed by atoms with Crippen molar-refractivity contribution in [2.75, 3.05) is 18.0 Å². The second kappa shape index (κ2) is 5.93. The van der Waals surface area contributed by atoms with Gasteiger partial charge in [0.25, 0.3) is 0 Å². The van der Waals surface area contributed by atoms with E-state index in [9.17, 15) is 0 Å². The fourth-order valence-corrected chi connectivity index (χ4v) is 2.14. The third-order valence-corrected chi connectivity index (χ3v) is 3.42. The topological polar surface area (TPSA) is 28.2 Å². The van der Waals surface area contributed by atoms with Gasteiger partial charge in [-0.2, -0.15) is 0 Å². The van der Waals surface area contributed by atoms with Crippen molar-refractivity contribution < 1.29 is 0 Å². The fraction of sp³-hybridized carbons (Fsp3) is 0.533. The summed E-state index contributed by atoms with van der Waals surface area (Å²) in [5.41, 5.74) is 0.984. The van der Waals surface area contributed by atoms with E-state index in [-0.39, 0.29) is 5.54 Å². The first-order chi connectivity index (χ1) is 8.96. The number of hydrogen-bond donors (Lipinski definition) is 1. The van der Waals surface area contributed by atoms with E-state index in [2.05, 4.69) is 43.1 Å². The van der Waals surface area contributed by atoms with Gasteiger partial charge in [0.2, 0.25) is 0 Å². The van der Waals surface area contributed by atoms with Crippen LogP contribution in [-0.2, 0) is 6.54 Å². The molecule has 0 bridgehead atoms. The van der Waals surface area contributed by atoms with Crippen LogP contribution in [0.5, 0.6) is 0 Å². The maximum Gasteiger partial charge on any atom is 0.129 e. The predicted molar refractivity (Wildman–Crippen MR) is 81.8 cm³/mol. The van der Waals surface area contributed by atoms with Crippen molar-refractivity contribution in [3.05, 3.63) is 35.0 Å². The standard InChI is InChI=1S/C15H22ClN3/c1-15(2,3)17-11-13-12(16)7-8-14(18-13)19-9-5-4-6-10-19/h4-5,7-8,17H,6,9-11H2,1-3H3. The number of hydrogen-bond acceptors (Lipinski definition) is 3. The molecule has 0 saturated heterocycles. The second-order valence-electron chi connectivity index (χ2n) is 5.91. The lowest BCUT2D eigenvalue weighted by molar-refractivity contribution is 0.421. The van der Waals surface area contributed by atoms with E-state index >= 15 is 0 Å². The van der Waals surface area contributed by atoms with Crippen LogP contribution in [0.15, 0.2) is 24.3 Å². The van der Waals surface area contributed by atoms with Crippen LogP contribution >= 0.6 is 11.6 Å².